The molecule has 10 nitrogen and oxygen atoms in total. The molecule has 2 aromatic heterocycles. The van der Waals surface area contributed by atoms with Crippen LogP contribution in [0.25, 0.3) is 0 Å². The van der Waals surface area contributed by atoms with E-state index in [2.05, 4.69) is 26.2 Å². The van der Waals surface area contributed by atoms with Crippen molar-refractivity contribution in [2.45, 2.75) is 53.7 Å². The van der Waals surface area contributed by atoms with Gasteiger partial charge in [0.15, 0.2) is 33.9 Å². The molecule has 7 heterocycles. The molecular weight excluding hydrogens is 732 g/mol. The second-order valence-electron chi connectivity index (χ2n) is 13.4. The van der Waals surface area contributed by atoms with Crippen LogP contribution in [-0.2, 0) is 39.9 Å². The number of nitrogens with zero attached hydrogens (tertiary/aromatic N) is 4. The molecule has 2 aromatic carbocycles. The Morgan fingerprint density at radius 2 is 1.21 bits per heavy atom. The molecule has 0 spiro atoms. The van der Waals surface area contributed by atoms with Gasteiger partial charge in [0.25, 0.3) is 0 Å². The first-order chi connectivity index (χ1) is 25.3. The predicted octanol–water partition coefficient (Wildman–Crippen LogP) is 6.23. The van der Waals surface area contributed by atoms with E-state index < -0.39 is 22.4 Å². The van der Waals surface area contributed by atoms with Crippen LogP contribution in [0.1, 0.15) is 24.2 Å². The maximum atomic E-state index is 13.0. The monoisotopic (exact) mass is 771 g/mol. The Labute approximate surface area is 312 Å². The van der Waals surface area contributed by atoms with Gasteiger partial charge in [-0.3, -0.25) is 0 Å². The van der Waals surface area contributed by atoms with Crippen LogP contribution in [0.3, 0.4) is 0 Å². The van der Waals surface area contributed by atoms with Crippen LogP contribution in [0, 0.1) is 11.6 Å². The minimum Gasteiger partial charge on any atom is -0.487 e. The highest BCUT2D eigenvalue weighted by Gasteiger charge is 2.40. The zero-order valence-corrected chi connectivity index (χ0v) is 30.7. The van der Waals surface area contributed by atoms with E-state index in [0.717, 1.165) is 96.2 Å². The average Bonchev–Trinajstić information content (AvgIpc) is 3.68. The summed E-state index contributed by atoms with van der Waals surface area (Å²) in [6.07, 6.45) is 3.66. The van der Waals surface area contributed by atoms with Crippen molar-refractivity contribution in [3.8, 4) is 11.5 Å². The summed E-state index contributed by atoms with van der Waals surface area (Å²) in [5.41, 5.74) is 2.93. The van der Waals surface area contributed by atoms with E-state index in [4.69, 9.17) is 30.8 Å². The molecule has 3 saturated heterocycles. The fourth-order valence-corrected chi connectivity index (χ4v) is 10.0. The summed E-state index contributed by atoms with van der Waals surface area (Å²) in [5.74, 6) is 4.04. The zero-order chi connectivity index (χ0) is 35.8. The molecule has 0 amide bonds. The van der Waals surface area contributed by atoms with Crippen molar-refractivity contribution >= 4 is 51.3 Å². The molecule has 0 bridgehead atoms. The summed E-state index contributed by atoms with van der Waals surface area (Å²) in [6.45, 7) is 4.46. The van der Waals surface area contributed by atoms with Crippen molar-refractivity contribution in [1.82, 2.24) is 9.97 Å². The van der Waals surface area contributed by atoms with Gasteiger partial charge in [0.05, 0.1) is 31.9 Å². The van der Waals surface area contributed by atoms with Crippen LogP contribution in [-0.4, -0.2) is 88.2 Å². The second kappa shape index (κ2) is 15.4. The Morgan fingerprint density at radius 3 is 1.75 bits per heavy atom. The standard InChI is InChI=1S/C21H25FN3O3S.C16H15ClFN2O2S/c22-14-1-3-16(4-2-14)28-17-12-25(13-17)20-11-19(23-15-5-8-27-9-6-15)21-18(24-20)7-10-29(21)26;17-13-7-15(19-14-5-6-23(21)16(13)14)20-8-12(9-20)22-11-3-1-10(18)2-4-11/h1-4,11,15,17,26H,5-10,12-13H2,(H,23,24);1-4,7,12,21H,5-6,8-9H2/q2*+1. The zero-order valence-electron chi connectivity index (χ0n) is 28.3. The molecule has 0 aliphatic carbocycles. The second-order valence-corrected chi connectivity index (χ2v) is 16.9. The Hall–Kier alpha value is -3.53. The molecule has 4 aromatic rings. The summed E-state index contributed by atoms with van der Waals surface area (Å²) >= 11 is 4.79. The van der Waals surface area contributed by atoms with E-state index in [-0.39, 0.29) is 23.8 Å². The van der Waals surface area contributed by atoms with Crippen molar-refractivity contribution in [2.24, 2.45) is 0 Å². The van der Waals surface area contributed by atoms with Crippen LogP contribution in [0.15, 0.2) is 70.5 Å². The van der Waals surface area contributed by atoms with Gasteiger partial charge in [-0.15, -0.1) is 0 Å². The van der Waals surface area contributed by atoms with Gasteiger partial charge in [-0.2, -0.15) is 9.11 Å². The van der Waals surface area contributed by atoms with Gasteiger partial charge in [-0.05, 0) is 61.4 Å². The number of fused-ring (bicyclic) bond motifs is 2. The van der Waals surface area contributed by atoms with Crippen LogP contribution in [0.2, 0.25) is 5.02 Å². The van der Waals surface area contributed by atoms with Crippen molar-refractivity contribution in [1.29, 1.82) is 0 Å². The van der Waals surface area contributed by atoms with Gasteiger partial charge < -0.3 is 29.3 Å². The fraction of sp³-hybridized carbons (Fsp3) is 0.405. The molecular formula is C37H40ClF2N5O5S2+2. The number of ether oxygens (including phenoxy) is 3. The maximum Gasteiger partial charge on any atom is 0.234 e. The summed E-state index contributed by atoms with van der Waals surface area (Å²) in [5, 5.41) is 4.24. The summed E-state index contributed by atoms with van der Waals surface area (Å²) in [4.78, 5) is 15.5. The van der Waals surface area contributed by atoms with Gasteiger partial charge in [0, 0.05) is 44.2 Å². The smallest absolute Gasteiger partial charge is 0.234 e. The van der Waals surface area contributed by atoms with Gasteiger partial charge in [0.1, 0.15) is 63.4 Å². The lowest BCUT2D eigenvalue weighted by molar-refractivity contribution is 0.0904. The topological polar surface area (TPSA) is 112 Å². The number of rotatable bonds is 8. The third-order valence-corrected chi connectivity index (χ3v) is 13.2. The van der Waals surface area contributed by atoms with Crippen LogP contribution < -0.4 is 24.6 Å². The molecule has 3 N–H and O–H groups in total. The number of aromatic nitrogens is 2. The Kier molecular flexibility index (Phi) is 10.5. The molecule has 3 fully saturated rings. The van der Waals surface area contributed by atoms with Gasteiger partial charge in [-0.25, -0.2) is 18.7 Å². The Bertz CT molecular complexity index is 1880. The lowest BCUT2D eigenvalue weighted by Crippen LogP contribution is -2.54. The molecule has 0 saturated carbocycles. The highest BCUT2D eigenvalue weighted by molar-refractivity contribution is 7.92. The maximum absolute atomic E-state index is 13.0. The lowest BCUT2D eigenvalue weighted by Gasteiger charge is -2.40. The van der Waals surface area contributed by atoms with Gasteiger partial charge >= 0.3 is 0 Å². The number of halogens is 3. The first kappa shape index (κ1) is 35.5. The number of benzene rings is 2. The molecule has 15 heteroatoms. The van der Waals surface area contributed by atoms with Gasteiger partial charge in [-0.1, -0.05) is 11.6 Å². The van der Waals surface area contributed by atoms with Crippen LogP contribution in [0.4, 0.5) is 26.1 Å². The van der Waals surface area contributed by atoms with Crippen molar-refractivity contribution in [3.63, 3.8) is 0 Å². The number of hydrogen-bond donors (Lipinski definition) is 3. The lowest BCUT2D eigenvalue weighted by atomic mass is 10.1. The molecule has 2 atom stereocenters. The van der Waals surface area contributed by atoms with Crippen LogP contribution >= 0.6 is 11.6 Å². The third-order valence-electron chi connectivity index (χ3n) is 9.71. The minimum absolute atomic E-state index is 0.0572. The molecule has 5 aliphatic rings. The van der Waals surface area contributed by atoms with E-state index in [0.29, 0.717) is 41.4 Å². The van der Waals surface area contributed by atoms with E-state index in [1.807, 2.05) is 6.07 Å². The number of hydrogen-bond acceptors (Lipinski definition) is 10. The number of pyridine rings is 2. The van der Waals surface area contributed by atoms with Crippen molar-refractivity contribution in [3.05, 3.63) is 88.7 Å². The number of nitrogens with one attached hydrogen (secondary N) is 1. The molecule has 2 unspecified atom stereocenters. The molecule has 0 radical (unpaired) electrons. The molecule has 274 valence electrons. The first-order valence-corrected chi connectivity index (χ1v) is 20.6. The largest absolute Gasteiger partial charge is 0.487 e. The normalized spacial score (nSPS) is 21.4. The Morgan fingerprint density at radius 1 is 0.731 bits per heavy atom. The minimum atomic E-state index is -0.769. The Balaban J connectivity index is 0.000000153. The summed E-state index contributed by atoms with van der Waals surface area (Å²) in [7, 11) is 0. The van der Waals surface area contributed by atoms with Crippen LogP contribution in [0.5, 0.6) is 11.5 Å². The highest BCUT2D eigenvalue weighted by Crippen LogP contribution is 2.38. The van der Waals surface area contributed by atoms with E-state index in [1.54, 1.807) is 24.3 Å². The summed E-state index contributed by atoms with van der Waals surface area (Å²) < 4.78 is 63.5. The number of aryl methyl sites for hydroxylation is 2. The average molecular weight is 772 g/mol. The highest BCUT2D eigenvalue weighted by atomic mass is 35.5. The third kappa shape index (κ3) is 7.87. The first-order valence-electron chi connectivity index (χ1n) is 17.5. The van der Waals surface area contributed by atoms with Gasteiger partial charge in [0.2, 0.25) is 9.79 Å². The van der Waals surface area contributed by atoms with Crippen molar-refractivity contribution < 1.29 is 32.1 Å². The molecule has 52 heavy (non-hydrogen) atoms. The fourth-order valence-electron chi connectivity index (χ4n) is 6.85. The van der Waals surface area contributed by atoms with E-state index in [9.17, 15) is 17.9 Å². The molecule has 9 rings (SSSR count). The SMILES string of the molecule is O[S+]1CCc2nc(N3CC(Oc4ccc(F)cc4)C3)cc(Cl)c21.O[S+]1CCc2nc(N3CC(Oc4ccc(F)cc4)C3)cc(NC3CCOCC3)c21. The quantitative estimate of drug-likeness (QED) is 0.178. The summed E-state index contributed by atoms with van der Waals surface area (Å²) in [6, 6.07) is 16.4. The van der Waals surface area contributed by atoms with Crippen molar-refractivity contribution in [2.75, 3.05) is 66.0 Å². The number of anilines is 3. The molecule has 5 aliphatic heterocycles. The van der Waals surface area contributed by atoms with E-state index in [1.165, 1.54) is 24.3 Å². The predicted molar refractivity (Wildman–Crippen MR) is 201 cm³/mol. The van der Waals surface area contributed by atoms with E-state index >= 15 is 0 Å².